The molecule has 10 heavy (non-hydrogen) atoms. The van der Waals surface area contributed by atoms with Crippen molar-refractivity contribution in [2.24, 2.45) is 4.99 Å². The molecule has 0 rings (SSSR count). The van der Waals surface area contributed by atoms with E-state index in [0.717, 1.165) is 13.0 Å². The number of hydrogen-bond donors (Lipinski definition) is 0. The minimum Gasteiger partial charge on any atom is -0.369 e. The molecule has 0 heterocycles. The lowest BCUT2D eigenvalue weighted by Gasteiger charge is -2.00. The molecule has 2 nitrogen and oxygen atoms in total. The Kier molecular flexibility index (Phi) is 19.5. The van der Waals surface area contributed by atoms with Gasteiger partial charge >= 0.3 is 0 Å². The van der Waals surface area contributed by atoms with Gasteiger partial charge in [-0.25, -0.2) is 0 Å². The van der Waals surface area contributed by atoms with E-state index >= 15 is 0 Å². The van der Waals surface area contributed by atoms with Crippen LogP contribution in [0, 0.1) is 0 Å². The van der Waals surface area contributed by atoms with Gasteiger partial charge < -0.3 is 4.90 Å². The molecule has 0 aromatic rings. The molecule has 0 aliphatic rings. The molecule has 0 saturated heterocycles. The summed E-state index contributed by atoms with van der Waals surface area (Å²) < 4.78 is 0. The summed E-state index contributed by atoms with van der Waals surface area (Å²) in [5, 5.41) is 0. The molecule has 0 aromatic heterocycles. The maximum absolute atomic E-state index is 4.09. The average Bonchev–Trinajstić information content (AvgIpc) is 1.66. The van der Waals surface area contributed by atoms with E-state index < -0.39 is 0 Å². The van der Waals surface area contributed by atoms with Gasteiger partial charge in [-0.2, -0.15) is 0 Å². The van der Waals surface area contributed by atoms with E-state index in [1.807, 2.05) is 25.3 Å². The molecular formula is C6H16Cl2N2. The van der Waals surface area contributed by atoms with Crippen LogP contribution in [0.1, 0.15) is 13.3 Å². The first-order chi connectivity index (χ1) is 3.77. The summed E-state index contributed by atoms with van der Waals surface area (Å²) in [5.41, 5.74) is 0. The highest BCUT2D eigenvalue weighted by molar-refractivity contribution is 5.85. The topological polar surface area (TPSA) is 15.6 Å². The Balaban J connectivity index is -0.000000245. The Morgan fingerprint density at radius 2 is 1.80 bits per heavy atom. The molecule has 0 aromatic carbocycles. The fraction of sp³-hybridized carbons (Fsp3) is 0.833. The maximum Gasteiger partial charge on any atom is 0.0844 e. The molecule has 0 radical (unpaired) electrons. The second-order valence-electron chi connectivity index (χ2n) is 1.99. The Labute approximate surface area is 75.5 Å². The summed E-state index contributed by atoms with van der Waals surface area (Å²) in [7, 11) is 3.94. The normalized spacial score (nSPS) is 8.30. The lowest BCUT2D eigenvalue weighted by molar-refractivity contribution is 0.638. The zero-order valence-electron chi connectivity index (χ0n) is 6.70. The van der Waals surface area contributed by atoms with E-state index in [-0.39, 0.29) is 24.8 Å². The third-order valence-corrected chi connectivity index (χ3v) is 0.665. The predicted molar refractivity (Wildman–Crippen MR) is 51.8 cm³/mol. The van der Waals surface area contributed by atoms with Crippen LogP contribution in [-0.4, -0.2) is 31.9 Å². The number of nitrogens with zero attached hydrogens (tertiary/aromatic N) is 2. The number of rotatable bonds is 3. The molecule has 4 heteroatoms. The maximum atomic E-state index is 4.09. The van der Waals surface area contributed by atoms with E-state index in [4.69, 9.17) is 0 Å². The molecule has 0 N–H and O–H groups in total. The minimum atomic E-state index is 0. The second kappa shape index (κ2) is 11.8. The zero-order chi connectivity index (χ0) is 6.41. The molecule has 0 aliphatic heterocycles. The van der Waals surface area contributed by atoms with Crippen LogP contribution in [0.25, 0.3) is 0 Å². The van der Waals surface area contributed by atoms with Crippen LogP contribution in [0.4, 0.5) is 0 Å². The largest absolute Gasteiger partial charge is 0.369 e. The smallest absolute Gasteiger partial charge is 0.0844 e. The van der Waals surface area contributed by atoms with Gasteiger partial charge in [0.2, 0.25) is 0 Å². The van der Waals surface area contributed by atoms with Gasteiger partial charge in [-0.15, -0.1) is 24.8 Å². The van der Waals surface area contributed by atoms with Crippen LogP contribution >= 0.6 is 24.8 Å². The van der Waals surface area contributed by atoms with E-state index in [0.29, 0.717) is 0 Å². The highest BCUT2D eigenvalue weighted by atomic mass is 35.5. The van der Waals surface area contributed by atoms with Crippen LogP contribution in [0.15, 0.2) is 4.99 Å². The van der Waals surface area contributed by atoms with Gasteiger partial charge in [-0.05, 0) is 6.42 Å². The van der Waals surface area contributed by atoms with Gasteiger partial charge in [0.15, 0.2) is 0 Å². The van der Waals surface area contributed by atoms with Crippen molar-refractivity contribution in [1.82, 2.24) is 4.90 Å². The van der Waals surface area contributed by atoms with E-state index in [1.54, 1.807) is 0 Å². The van der Waals surface area contributed by atoms with Gasteiger partial charge in [-0.1, -0.05) is 6.92 Å². The molecular weight excluding hydrogens is 171 g/mol. The molecule has 0 fully saturated rings. The third kappa shape index (κ3) is 15.7. The summed E-state index contributed by atoms with van der Waals surface area (Å²) in [5.74, 6) is 0. The SMILES string of the molecule is CCCN=CN(C)C.Cl.Cl. The Morgan fingerprint density at radius 1 is 1.30 bits per heavy atom. The molecule has 0 aliphatic carbocycles. The summed E-state index contributed by atoms with van der Waals surface area (Å²) in [6, 6.07) is 0. The quantitative estimate of drug-likeness (QED) is 0.486. The Hall–Kier alpha value is 0.0500. The standard InChI is InChI=1S/C6H14N2.2ClH/c1-4-5-7-6-8(2)3;;/h6H,4-5H2,1-3H3;2*1H. The summed E-state index contributed by atoms with van der Waals surface area (Å²) in [6.45, 7) is 3.06. The first-order valence-electron chi connectivity index (χ1n) is 2.93. The minimum absolute atomic E-state index is 0. The third-order valence-electron chi connectivity index (χ3n) is 0.665. The molecule has 0 saturated carbocycles. The van der Waals surface area contributed by atoms with E-state index in [2.05, 4.69) is 11.9 Å². The fourth-order valence-electron chi connectivity index (χ4n) is 0.350. The van der Waals surface area contributed by atoms with Crippen molar-refractivity contribution in [1.29, 1.82) is 0 Å². The first-order valence-corrected chi connectivity index (χ1v) is 2.93. The van der Waals surface area contributed by atoms with Crippen LogP contribution in [0.3, 0.4) is 0 Å². The summed E-state index contributed by atoms with van der Waals surface area (Å²) in [4.78, 5) is 6.03. The molecule has 0 spiro atoms. The second-order valence-corrected chi connectivity index (χ2v) is 1.99. The van der Waals surface area contributed by atoms with Gasteiger partial charge in [0.05, 0.1) is 6.34 Å². The highest BCUT2D eigenvalue weighted by Gasteiger charge is 1.74. The van der Waals surface area contributed by atoms with Crippen molar-refractivity contribution >= 4 is 31.2 Å². The lowest BCUT2D eigenvalue weighted by Crippen LogP contribution is -2.07. The van der Waals surface area contributed by atoms with Crippen molar-refractivity contribution in [3.63, 3.8) is 0 Å². The van der Waals surface area contributed by atoms with Crippen molar-refractivity contribution < 1.29 is 0 Å². The lowest BCUT2D eigenvalue weighted by atomic mass is 10.5. The van der Waals surface area contributed by atoms with Gasteiger partial charge in [0, 0.05) is 20.6 Å². The van der Waals surface area contributed by atoms with Crippen LogP contribution in [-0.2, 0) is 0 Å². The van der Waals surface area contributed by atoms with Crippen LogP contribution in [0.5, 0.6) is 0 Å². The average molecular weight is 187 g/mol. The monoisotopic (exact) mass is 186 g/mol. The molecule has 0 atom stereocenters. The van der Waals surface area contributed by atoms with Gasteiger partial charge in [-0.3, -0.25) is 4.99 Å². The van der Waals surface area contributed by atoms with Gasteiger partial charge in [0.25, 0.3) is 0 Å². The number of hydrogen-bond acceptors (Lipinski definition) is 1. The van der Waals surface area contributed by atoms with Gasteiger partial charge in [0.1, 0.15) is 0 Å². The highest BCUT2D eigenvalue weighted by Crippen LogP contribution is 1.75. The zero-order valence-corrected chi connectivity index (χ0v) is 8.34. The Morgan fingerprint density at radius 3 is 2.10 bits per heavy atom. The van der Waals surface area contributed by atoms with Crippen molar-refractivity contribution in [2.45, 2.75) is 13.3 Å². The first kappa shape index (κ1) is 16.6. The fourth-order valence-corrected chi connectivity index (χ4v) is 0.350. The summed E-state index contributed by atoms with van der Waals surface area (Å²) in [6.07, 6.45) is 2.97. The van der Waals surface area contributed by atoms with E-state index in [1.165, 1.54) is 0 Å². The van der Waals surface area contributed by atoms with Crippen molar-refractivity contribution in [2.75, 3.05) is 20.6 Å². The van der Waals surface area contributed by atoms with Crippen molar-refractivity contribution in [3.05, 3.63) is 0 Å². The molecule has 0 bridgehead atoms. The van der Waals surface area contributed by atoms with Crippen LogP contribution in [0.2, 0.25) is 0 Å². The number of halogens is 2. The predicted octanol–water partition coefficient (Wildman–Crippen LogP) is 1.83. The van der Waals surface area contributed by atoms with Crippen LogP contribution < -0.4 is 0 Å². The van der Waals surface area contributed by atoms with Crippen molar-refractivity contribution in [3.8, 4) is 0 Å². The summed E-state index contributed by atoms with van der Waals surface area (Å²) >= 11 is 0. The van der Waals surface area contributed by atoms with E-state index in [9.17, 15) is 0 Å². The molecule has 0 amide bonds. The number of aliphatic imine (C=N–C) groups is 1. The molecule has 64 valence electrons. The Bertz CT molecular complexity index is 74.1. The molecule has 0 unspecified atom stereocenters.